The molecule has 0 spiro atoms. The van der Waals surface area contributed by atoms with Crippen molar-refractivity contribution >= 4 is 41.6 Å². The number of alkyl halides is 9. The highest BCUT2D eigenvalue weighted by molar-refractivity contribution is 5.93. The molecule has 24 heteroatoms. The molecule has 0 aliphatic carbocycles. The fourth-order valence-corrected chi connectivity index (χ4v) is 4.17. The van der Waals surface area contributed by atoms with Crippen LogP contribution in [0.2, 0.25) is 0 Å². The van der Waals surface area contributed by atoms with Crippen LogP contribution in [0.25, 0.3) is 0 Å². The molecule has 0 atom stereocenters. The van der Waals surface area contributed by atoms with Crippen molar-refractivity contribution < 1.29 is 96.8 Å². The van der Waals surface area contributed by atoms with Gasteiger partial charge in [-0.15, -0.1) is 0 Å². The number of hydrogen-bond donors (Lipinski definition) is 0. The van der Waals surface area contributed by atoms with Crippen LogP contribution in [0.5, 0.6) is 0 Å². The van der Waals surface area contributed by atoms with Crippen LogP contribution >= 0.6 is 0 Å². The number of esters is 4. The Labute approximate surface area is 277 Å². The van der Waals surface area contributed by atoms with E-state index in [2.05, 4.69) is 23.7 Å². The zero-order valence-electron chi connectivity index (χ0n) is 26.9. The number of nitrogens with zero attached hydrogens (tertiary/aromatic N) is 3. The van der Waals surface area contributed by atoms with Gasteiger partial charge >= 0.3 is 42.4 Å². The fraction of sp³-hybridized carbons (Fsp3) is 0.731. The minimum atomic E-state index is -5.57. The lowest BCUT2D eigenvalue weighted by atomic mass is 9.78. The summed E-state index contributed by atoms with van der Waals surface area (Å²) < 4.78 is 141. The van der Waals surface area contributed by atoms with Crippen molar-refractivity contribution in [2.24, 2.45) is 5.41 Å². The Hall–Kier alpha value is -4.38. The Kier molecular flexibility index (Phi) is 18.0. The molecular formula is C26H34F9N3O12. The van der Waals surface area contributed by atoms with Gasteiger partial charge in [-0.1, -0.05) is 0 Å². The van der Waals surface area contributed by atoms with Crippen molar-refractivity contribution in [3.63, 3.8) is 0 Å². The zero-order valence-corrected chi connectivity index (χ0v) is 26.9. The molecule has 0 rings (SSSR count). The summed E-state index contributed by atoms with van der Waals surface area (Å²) in [6.45, 7) is -9.98. The molecule has 0 aromatic heterocycles. The van der Waals surface area contributed by atoms with Crippen molar-refractivity contribution in [1.82, 2.24) is 14.7 Å². The molecule has 0 bridgehead atoms. The molecule has 0 N–H and O–H groups in total. The molecule has 0 unspecified atom stereocenters. The van der Waals surface area contributed by atoms with Crippen LogP contribution in [0, 0.1) is 5.41 Å². The highest BCUT2D eigenvalue weighted by Crippen LogP contribution is 2.48. The first-order chi connectivity index (χ1) is 22.8. The Morgan fingerprint density at radius 1 is 0.440 bits per heavy atom. The predicted octanol–water partition coefficient (Wildman–Crippen LogP) is 1.02. The molecule has 0 fully saturated rings. The molecule has 0 aliphatic heterocycles. The zero-order chi connectivity index (χ0) is 39.1. The normalized spacial score (nSPS) is 12.0. The Morgan fingerprint density at radius 3 is 0.940 bits per heavy atom. The van der Waals surface area contributed by atoms with Crippen LogP contribution in [0.15, 0.2) is 0 Å². The van der Waals surface area contributed by atoms with Gasteiger partial charge in [0.25, 0.3) is 0 Å². The topological polar surface area (TPSA) is 175 Å². The van der Waals surface area contributed by atoms with Gasteiger partial charge in [-0.2, -0.15) is 39.5 Å². The molecule has 0 radical (unpaired) electrons. The van der Waals surface area contributed by atoms with E-state index in [9.17, 15) is 73.1 Å². The number of ether oxygens (including phenoxy) is 5. The maximum Gasteiger partial charge on any atom is 0.389 e. The maximum atomic E-state index is 13.2. The first-order valence-corrected chi connectivity index (χ1v) is 13.7. The van der Waals surface area contributed by atoms with Crippen LogP contribution in [-0.4, -0.2) is 156 Å². The molecule has 15 nitrogen and oxygen atoms in total. The van der Waals surface area contributed by atoms with Crippen molar-refractivity contribution in [3.05, 3.63) is 0 Å². The van der Waals surface area contributed by atoms with E-state index in [1.165, 1.54) is 0 Å². The second-order valence-corrected chi connectivity index (χ2v) is 10.4. The third kappa shape index (κ3) is 19.0. The van der Waals surface area contributed by atoms with Crippen molar-refractivity contribution in [1.29, 1.82) is 0 Å². The molecule has 50 heavy (non-hydrogen) atoms. The van der Waals surface area contributed by atoms with Gasteiger partial charge in [0.05, 0.1) is 54.3 Å². The van der Waals surface area contributed by atoms with Crippen LogP contribution in [-0.2, 0) is 57.2 Å². The number of methoxy groups -OCH3 is 4. The van der Waals surface area contributed by atoms with E-state index in [4.69, 9.17) is 0 Å². The minimum Gasteiger partial charge on any atom is -0.468 e. The number of halogens is 9. The molecular weight excluding hydrogens is 717 g/mol. The van der Waals surface area contributed by atoms with E-state index in [1.807, 2.05) is 0 Å². The van der Waals surface area contributed by atoms with Gasteiger partial charge in [0.15, 0.2) is 0 Å². The van der Waals surface area contributed by atoms with Crippen LogP contribution in [0.1, 0.15) is 19.3 Å². The van der Waals surface area contributed by atoms with E-state index in [0.717, 1.165) is 28.4 Å². The van der Waals surface area contributed by atoms with Gasteiger partial charge in [0, 0.05) is 5.41 Å². The number of hydrogen-bond acceptors (Lipinski definition) is 12. The smallest absolute Gasteiger partial charge is 0.389 e. The summed E-state index contributed by atoms with van der Waals surface area (Å²) in [5.74, 6) is -8.70. The third-order valence-electron chi connectivity index (χ3n) is 6.26. The van der Waals surface area contributed by atoms with Gasteiger partial charge in [0.1, 0.15) is 45.9 Å². The van der Waals surface area contributed by atoms with E-state index in [-0.39, 0.29) is 4.90 Å². The quantitative estimate of drug-likeness (QED) is 0.104. The fourth-order valence-electron chi connectivity index (χ4n) is 4.17. The summed E-state index contributed by atoms with van der Waals surface area (Å²) in [7, 11) is 3.57. The van der Waals surface area contributed by atoms with Crippen molar-refractivity contribution in [2.75, 3.05) is 80.9 Å². The highest BCUT2D eigenvalue weighted by atomic mass is 19.4. The lowest BCUT2D eigenvalue weighted by Crippen LogP contribution is -2.51. The van der Waals surface area contributed by atoms with Crippen LogP contribution in [0.3, 0.4) is 0 Å². The van der Waals surface area contributed by atoms with E-state index in [1.54, 1.807) is 0 Å². The van der Waals surface area contributed by atoms with Gasteiger partial charge in [-0.25, -0.2) is 0 Å². The molecule has 0 aromatic carbocycles. The van der Waals surface area contributed by atoms with Gasteiger partial charge in [-0.3, -0.25) is 33.6 Å². The van der Waals surface area contributed by atoms with Gasteiger partial charge < -0.3 is 38.4 Å². The average molecular weight is 752 g/mol. The van der Waals surface area contributed by atoms with E-state index >= 15 is 0 Å². The second-order valence-electron chi connectivity index (χ2n) is 10.4. The number of carbonyl (C=O) groups excluding carboxylic acids is 7. The summed E-state index contributed by atoms with van der Waals surface area (Å²) in [6, 6.07) is 0. The number of rotatable bonds is 19. The minimum absolute atomic E-state index is 0.215. The monoisotopic (exact) mass is 751 g/mol. The molecule has 3 amide bonds. The number of amides is 3. The Bertz CT molecular complexity index is 1080. The second kappa shape index (κ2) is 19.7. The lowest BCUT2D eigenvalue weighted by molar-refractivity contribution is -0.235. The van der Waals surface area contributed by atoms with E-state index < -0.39 is 137 Å². The van der Waals surface area contributed by atoms with Gasteiger partial charge in [0.2, 0.25) is 17.7 Å². The van der Waals surface area contributed by atoms with Crippen molar-refractivity contribution in [3.8, 4) is 0 Å². The average Bonchev–Trinajstić information content (AvgIpc) is 2.96. The lowest BCUT2D eigenvalue weighted by Gasteiger charge is -2.36. The highest BCUT2D eigenvalue weighted by Gasteiger charge is 2.54. The molecule has 0 aromatic rings. The Balaban J connectivity index is 6.62. The number of carbonyl (C=O) groups is 7. The first-order valence-electron chi connectivity index (χ1n) is 13.7. The summed E-state index contributed by atoms with van der Waals surface area (Å²) >= 11 is 0. The summed E-state index contributed by atoms with van der Waals surface area (Å²) in [4.78, 5) is 87.7. The summed E-state index contributed by atoms with van der Waals surface area (Å²) in [5, 5.41) is 0. The van der Waals surface area contributed by atoms with Crippen molar-refractivity contribution in [2.45, 2.75) is 37.8 Å². The molecule has 0 saturated heterocycles. The maximum absolute atomic E-state index is 13.2. The largest absolute Gasteiger partial charge is 0.468 e. The first kappa shape index (κ1) is 45.6. The van der Waals surface area contributed by atoms with E-state index in [0.29, 0.717) is 9.80 Å². The summed E-state index contributed by atoms with van der Waals surface area (Å²) in [6.07, 6.45) is -24.6. The molecule has 0 heterocycles. The van der Waals surface area contributed by atoms with Gasteiger partial charge in [-0.05, 0) is 0 Å². The summed E-state index contributed by atoms with van der Waals surface area (Å²) in [5.41, 5.74) is -3.71. The molecule has 288 valence electrons. The standard InChI is InChI=1S/C26H34F9N3O12/c1-46-19(42)7-37(8-20(43)47-2)16(39)5-36(6-17(40)38(9-21(44)48-3)10-22(45)49-4)18(41)11-50-15-23(12-24(27,28)29,13-25(30,31)32)14-26(33,34)35/h5-15H2,1-4H3. The van der Waals surface area contributed by atoms with Crippen LogP contribution < -0.4 is 0 Å². The molecule has 0 saturated carbocycles. The third-order valence-corrected chi connectivity index (χ3v) is 6.26. The molecule has 0 aliphatic rings. The predicted molar refractivity (Wildman–Crippen MR) is 143 cm³/mol. The Morgan fingerprint density at radius 2 is 0.700 bits per heavy atom. The SMILES string of the molecule is COC(=O)CN(CC(=O)OC)C(=O)CN(CC(=O)N(CC(=O)OC)CC(=O)OC)C(=O)COCC(CC(F)(F)F)(CC(F)(F)F)CC(F)(F)F. The van der Waals surface area contributed by atoms with Crippen LogP contribution in [0.4, 0.5) is 39.5 Å².